The monoisotopic (exact) mass is 389 g/mol. The summed E-state index contributed by atoms with van der Waals surface area (Å²) in [5, 5.41) is 7.32. The lowest BCUT2D eigenvalue weighted by atomic mass is 10.1. The molecule has 1 amide bonds. The van der Waals surface area contributed by atoms with Gasteiger partial charge in [-0.05, 0) is 74.9 Å². The largest absolute Gasteiger partial charge is 0.463 e. The molecule has 0 saturated heterocycles. The standard InChI is InChI=1S/C23H23N3O3/c1-4-29-22(27)14-7-18-5-10-20(11-6-18)24-23(28)19-8-12-21(13-9-19)26-17(3)15-16(2)25-26/h5-15H,4H2,1-3H3,(H,24,28)/b14-7+. The number of rotatable bonds is 6. The molecule has 6 nitrogen and oxygen atoms in total. The first-order valence-corrected chi connectivity index (χ1v) is 9.36. The van der Waals surface area contributed by atoms with E-state index in [4.69, 9.17) is 4.74 Å². The molecule has 0 unspecified atom stereocenters. The van der Waals surface area contributed by atoms with Crippen LogP contribution in [0.2, 0.25) is 0 Å². The highest BCUT2D eigenvalue weighted by Crippen LogP contribution is 2.15. The predicted molar refractivity (Wildman–Crippen MR) is 113 cm³/mol. The van der Waals surface area contributed by atoms with Crippen LogP contribution in [-0.2, 0) is 9.53 Å². The average molecular weight is 389 g/mol. The van der Waals surface area contributed by atoms with Gasteiger partial charge in [-0.2, -0.15) is 5.10 Å². The van der Waals surface area contributed by atoms with Gasteiger partial charge in [0.15, 0.2) is 0 Å². The molecule has 1 heterocycles. The number of amides is 1. The third-order valence-electron chi connectivity index (χ3n) is 4.25. The van der Waals surface area contributed by atoms with Crippen molar-refractivity contribution in [1.29, 1.82) is 0 Å². The van der Waals surface area contributed by atoms with Crippen molar-refractivity contribution in [2.75, 3.05) is 11.9 Å². The number of carbonyl (C=O) groups excluding carboxylic acids is 2. The van der Waals surface area contributed by atoms with E-state index in [0.717, 1.165) is 22.6 Å². The van der Waals surface area contributed by atoms with Gasteiger partial charge >= 0.3 is 5.97 Å². The lowest BCUT2D eigenvalue weighted by Gasteiger charge is -2.08. The minimum absolute atomic E-state index is 0.195. The molecule has 3 rings (SSSR count). The minimum atomic E-state index is -0.381. The third-order valence-corrected chi connectivity index (χ3v) is 4.25. The summed E-state index contributed by atoms with van der Waals surface area (Å²) in [5.41, 5.74) is 4.96. The molecule has 0 bridgehead atoms. The maximum absolute atomic E-state index is 12.5. The normalized spacial score (nSPS) is 10.9. The van der Waals surface area contributed by atoms with E-state index >= 15 is 0 Å². The Morgan fingerprint density at radius 3 is 2.34 bits per heavy atom. The Bertz CT molecular complexity index is 1030. The highest BCUT2D eigenvalue weighted by atomic mass is 16.5. The second-order valence-corrected chi connectivity index (χ2v) is 6.55. The van der Waals surface area contributed by atoms with Crippen molar-refractivity contribution in [3.8, 4) is 5.69 Å². The number of hydrogen-bond acceptors (Lipinski definition) is 4. The molecule has 0 saturated carbocycles. The summed E-state index contributed by atoms with van der Waals surface area (Å²) >= 11 is 0. The van der Waals surface area contributed by atoms with Crippen molar-refractivity contribution in [2.45, 2.75) is 20.8 Å². The smallest absolute Gasteiger partial charge is 0.330 e. The van der Waals surface area contributed by atoms with Crippen molar-refractivity contribution in [1.82, 2.24) is 9.78 Å². The fourth-order valence-corrected chi connectivity index (χ4v) is 2.88. The maximum atomic E-state index is 12.5. The van der Waals surface area contributed by atoms with E-state index in [0.29, 0.717) is 17.9 Å². The molecule has 148 valence electrons. The fraction of sp³-hybridized carbons (Fsp3) is 0.174. The molecule has 0 spiro atoms. The van der Waals surface area contributed by atoms with E-state index in [2.05, 4.69) is 10.4 Å². The van der Waals surface area contributed by atoms with Crippen LogP contribution in [0.1, 0.15) is 34.2 Å². The number of ether oxygens (including phenoxy) is 1. The molecule has 0 radical (unpaired) electrons. The highest BCUT2D eigenvalue weighted by molar-refractivity contribution is 6.04. The Kier molecular flexibility index (Phi) is 6.24. The number of aryl methyl sites for hydroxylation is 2. The van der Waals surface area contributed by atoms with Gasteiger partial charge in [-0.3, -0.25) is 4.79 Å². The molecule has 3 aromatic rings. The van der Waals surface area contributed by atoms with Gasteiger partial charge in [0.05, 0.1) is 18.0 Å². The van der Waals surface area contributed by atoms with Crippen molar-refractivity contribution in [2.24, 2.45) is 0 Å². The summed E-state index contributed by atoms with van der Waals surface area (Å²) in [6.45, 7) is 6.04. The molecule has 6 heteroatoms. The molecule has 2 aromatic carbocycles. The molecular weight excluding hydrogens is 366 g/mol. The van der Waals surface area contributed by atoms with Crippen LogP contribution in [0.5, 0.6) is 0 Å². The third kappa shape index (κ3) is 5.19. The summed E-state index contributed by atoms with van der Waals surface area (Å²) in [4.78, 5) is 23.8. The molecule has 1 aromatic heterocycles. The van der Waals surface area contributed by atoms with Gasteiger partial charge in [-0.25, -0.2) is 9.48 Å². The van der Waals surface area contributed by atoms with E-state index in [-0.39, 0.29) is 11.9 Å². The lowest BCUT2D eigenvalue weighted by Crippen LogP contribution is -2.12. The van der Waals surface area contributed by atoms with Gasteiger partial charge in [0.2, 0.25) is 0 Å². The lowest BCUT2D eigenvalue weighted by molar-refractivity contribution is -0.137. The topological polar surface area (TPSA) is 73.2 Å². The molecule has 0 aliphatic carbocycles. The molecule has 0 aliphatic heterocycles. The van der Waals surface area contributed by atoms with Crippen LogP contribution >= 0.6 is 0 Å². The van der Waals surface area contributed by atoms with Gasteiger partial charge in [0, 0.05) is 23.0 Å². The molecule has 29 heavy (non-hydrogen) atoms. The van der Waals surface area contributed by atoms with Gasteiger partial charge < -0.3 is 10.1 Å². The maximum Gasteiger partial charge on any atom is 0.330 e. The van der Waals surface area contributed by atoms with Crippen LogP contribution in [0.4, 0.5) is 5.69 Å². The SMILES string of the molecule is CCOC(=O)/C=C/c1ccc(NC(=O)c2ccc(-n3nc(C)cc3C)cc2)cc1. The molecule has 1 N–H and O–H groups in total. The minimum Gasteiger partial charge on any atom is -0.463 e. The number of carbonyl (C=O) groups is 2. The van der Waals surface area contributed by atoms with Crippen molar-refractivity contribution < 1.29 is 14.3 Å². The summed E-state index contributed by atoms with van der Waals surface area (Å²) < 4.78 is 6.69. The first-order chi connectivity index (χ1) is 14.0. The number of esters is 1. The highest BCUT2D eigenvalue weighted by Gasteiger charge is 2.08. The first-order valence-electron chi connectivity index (χ1n) is 9.36. The number of nitrogens with zero attached hydrogens (tertiary/aromatic N) is 2. The summed E-state index contributed by atoms with van der Waals surface area (Å²) in [6, 6.07) is 16.5. The van der Waals surface area contributed by atoms with Crippen LogP contribution in [0.3, 0.4) is 0 Å². The molecule has 0 aliphatic rings. The number of hydrogen-bond donors (Lipinski definition) is 1. The van der Waals surface area contributed by atoms with Gasteiger partial charge in [0.25, 0.3) is 5.91 Å². The summed E-state index contributed by atoms with van der Waals surface area (Å²) in [6.07, 6.45) is 3.04. The Morgan fingerprint density at radius 2 is 1.76 bits per heavy atom. The second kappa shape index (κ2) is 9.01. The van der Waals surface area contributed by atoms with Crippen molar-refractivity contribution in [3.05, 3.63) is 83.2 Å². The van der Waals surface area contributed by atoms with E-state index < -0.39 is 0 Å². The number of benzene rings is 2. The first kappa shape index (κ1) is 20.1. The Balaban J connectivity index is 1.64. The second-order valence-electron chi connectivity index (χ2n) is 6.55. The van der Waals surface area contributed by atoms with Gasteiger partial charge in [-0.15, -0.1) is 0 Å². The Hall–Kier alpha value is -3.67. The predicted octanol–water partition coefficient (Wildman–Crippen LogP) is 4.32. The van der Waals surface area contributed by atoms with Gasteiger partial charge in [-0.1, -0.05) is 12.1 Å². The van der Waals surface area contributed by atoms with Crippen LogP contribution in [0.15, 0.2) is 60.7 Å². The van der Waals surface area contributed by atoms with Crippen molar-refractivity contribution in [3.63, 3.8) is 0 Å². The van der Waals surface area contributed by atoms with E-state index in [1.54, 1.807) is 37.3 Å². The zero-order valence-electron chi connectivity index (χ0n) is 16.7. The summed E-state index contributed by atoms with van der Waals surface area (Å²) in [7, 11) is 0. The fourth-order valence-electron chi connectivity index (χ4n) is 2.88. The number of aromatic nitrogens is 2. The van der Waals surface area contributed by atoms with Gasteiger partial charge in [0.1, 0.15) is 0 Å². The van der Waals surface area contributed by atoms with E-state index in [1.807, 2.05) is 48.9 Å². The summed E-state index contributed by atoms with van der Waals surface area (Å²) in [5.74, 6) is -0.575. The van der Waals surface area contributed by atoms with Crippen LogP contribution in [0.25, 0.3) is 11.8 Å². The Labute approximate surface area is 169 Å². The zero-order valence-corrected chi connectivity index (χ0v) is 16.7. The van der Waals surface area contributed by atoms with Crippen LogP contribution in [-0.4, -0.2) is 28.3 Å². The van der Waals surface area contributed by atoms with E-state index in [9.17, 15) is 9.59 Å². The zero-order chi connectivity index (χ0) is 20.8. The number of anilines is 1. The Morgan fingerprint density at radius 1 is 1.07 bits per heavy atom. The molecule has 0 atom stereocenters. The average Bonchev–Trinajstić information content (AvgIpc) is 3.06. The number of nitrogens with one attached hydrogen (secondary N) is 1. The van der Waals surface area contributed by atoms with Crippen molar-refractivity contribution >= 4 is 23.6 Å². The van der Waals surface area contributed by atoms with E-state index in [1.165, 1.54) is 6.08 Å². The quantitative estimate of drug-likeness (QED) is 0.503. The van der Waals surface area contributed by atoms with Crippen LogP contribution < -0.4 is 5.32 Å². The molecular formula is C23H23N3O3. The molecule has 0 fully saturated rings. The van der Waals surface area contributed by atoms with Crippen LogP contribution in [0, 0.1) is 13.8 Å².